The highest BCUT2D eigenvalue weighted by molar-refractivity contribution is 6.12. The summed E-state index contributed by atoms with van der Waals surface area (Å²) >= 11 is 0. The van der Waals surface area contributed by atoms with E-state index < -0.39 is 6.09 Å². The number of carbonyl (C=O) groups is 2. The highest BCUT2D eigenvalue weighted by Gasteiger charge is 2.17. The number of nitrogens with zero attached hydrogens (tertiary/aromatic N) is 2. The molecule has 1 amide bonds. The summed E-state index contributed by atoms with van der Waals surface area (Å²) in [4.78, 5) is 30.1. The minimum atomic E-state index is -0.650. The van der Waals surface area contributed by atoms with Crippen molar-refractivity contribution >= 4 is 17.6 Å². The van der Waals surface area contributed by atoms with Gasteiger partial charge in [0.2, 0.25) is 0 Å². The van der Waals surface area contributed by atoms with Crippen LogP contribution in [0.2, 0.25) is 0 Å². The van der Waals surface area contributed by atoms with Crippen molar-refractivity contribution in [3.8, 4) is 17.2 Å². The Morgan fingerprint density at radius 3 is 2.26 bits per heavy atom. The van der Waals surface area contributed by atoms with Gasteiger partial charge in [-0.05, 0) is 48.6 Å². The maximum absolute atomic E-state index is 13.0. The van der Waals surface area contributed by atoms with E-state index in [1.165, 1.54) is 6.42 Å². The molecule has 0 spiro atoms. The quantitative estimate of drug-likeness (QED) is 0.204. The molecule has 1 saturated carbocycles. The van der Waals surface area contributed by atoms with E-state index >= 15 is 0 Å². The largest absolute Gasteiger partial charge is 0.433 e. The van der Waals surface area contributed by atoms with Crippen LogP contribution in [0.4, 0.5) is 4.79 Å². The first-order valence-corrected chi connectivity index (χ1v) is 11.8. The minimum Gasteiger partial charge on any atom is -0.317 e. The fraction of sp³-hybridized carbons (Fsp3) is 0.241. The van der Waals surface area contributed by atoms with Crippen molar-refractivity contribution in [2.24, 2.45) is 5.16 Å². The SMILES string of the molecule is Cc1ccccc1C(=O)c1cccc(-c2cccc(/C(C#N)=N/OC(=O)NC3CCCCC3)c2)c1. The van der Waals surface area contributed by atoms with Gasteiger partial charge in [0, 0.05) is 22.7 Å². The molecule has 0 heterocycles. The van der Waals surface area contributed by atoms with E-state index in [4.69, 9.17) is 4.84 Å². The van der Waals surface area contributed by atoms with Gasteiger partial charge in [0.15, 0.2) is 11.5 Å². The first kappa shape index (κ1) is 23.9. The van der Waals surface area contributed by atoms with Crippen LogP contribution in [0, 0.1) is 18.3 Å². The van der Waals surface area contributed by atoms with Crippen LogP contribution >= 0.6 is 0 Å². The van der Waals surface area contributed by atoms with Crippen LogP contribution in [-0.2, 0) is 4.84 Å². The van der Waals surface area contributed by atoms with E-state index in [1.807, 2.05) is 61.5 Å². The van der Waals surface area contributed by atoms with E-state index in [2.05, 4.69) is 10.5 Å². The number of oxime groups is 1. The van der Waals surface area contributed by atoms with Gasteiger partial charge in [-0.2, -0.15) is 5.26 Å². The van der Waals surface area contributed by atoms with Crippen molar-refractivity contribution in [2.45, 2.75) is 45.1 Å². The molecule has 35 heavy (non-hydrogen) atoms. The normalized spacial score (nSPS) is 14.1. The van der Waals surface area contributed by atoms with E-state index in [0.29, 0.717) is 16.7 Å². The maximum atomic E-state index is 13.0. The molecular formula is C29H27N3O3. The Bertz CT molecular complexity index is 1300. The summed E-state index contributed by atoms with van der Waals surface area (Å²) in [7, 11) is 0. The van der Waals surface area contributed by atoms with Crippen LogP contribution in [0.5, 0.6) is 0 Å². The number of carbonyl (C=O) groups excluding carboxylic acids is 2. The number of rotatable bonds is 6. The lowest BCUT2D eigenvalue weighted by Crippen LogP contribution is -2.35. The lowest BCUT2D eigenvalue weighted by molar-refractivity contribution is 0.103. The molecule has 3 aromatic carbocycles. The van der Waals surface area contributed by atoms with Gasteiger partial charge >= 0.3 is 6.09 Å². The first-order valence-electron chi connectivity index (χ1n) is 11.8. The predicted octanol–water partition coefficient (Wildman–Crippen LogP) is 6.18. The smallest absolute Gasteiger partial charge is 0.317 e. The Labute approximate surface area is 205 Å². The fourth-order valence-electron chi connectivity index (χ4n) is 4.33. The molecule has 3 aromatic rings. The van der Waals surface area contributed by atoms with Gasteiger partial charge in [-0.1, -0.05) is 85.1 Å². The lowest BCUT2D eigenvalue weighted by Gasteiger charge is -2.21. The molecule has 6 heteroatoms. The summed E-state index contributed by atoms with van der Waals surface area (Å²) in [6.45, 7) is 1.92. The molecule has 0 aromatic heterocycles. The van der Waals surface area contributed by atoms with Crippen molar-refractivity contribution < 1.29 is 14.4 Å². The van der Waals surface area contributed by atoms with Crippen molar-refractivity contribution in [1.29, 1.82) is 5.26 Å². The van der Waals surface area contributed by atoms with Gasteiger partial charge in [-0.25, -0.2) is 4.79 Å². The van der Waals surface area contributed by atoms with Crippen molar-refractivity contribution in [2.75, 3.05) is 0 Å². The van der Waals surface area contributed by atoms with Gasteiger partial charge in [0.1, 0.15) is 6.07 Å². The third-order valence-corrected chi connectivity index (χ3v) is 6.24. The molecule has 0 radical (unpaired) electrons. The molecule has 0 unspecified atom stereocenters. The Morgan fingerprint density at radius 1 is 0.914 bits per heavy atom. The van der Waals surface area contributed by atoms with Gasteiger partial charge in [0.05, 0.1) is 0 Å². The zero-order valence-electron chi connectivity index (χ0n) is 19.7. The van der Waals surface area contributed by atoms with Crippen LogP contribution in [0.15, 0.2) is 78.0 Å². The molecule has 0 atom stereocenters. The monoisotopic (exact) mass is 465 g/mol. The second-order valence-electron chi connectivity index (χ2n) is 8.72. The van der Waals surface area contributed by atoms with Gasteiger partial charge < -0.3 is 5.32 Å². The molecular weight excluding hydrogens is 438 g/mol. The number of nitriles is 1. The summed E-state index contributed by atoms with van der Waals surface area (Å²) in [5.74, 6) is -0.0437. The number of aryl methyl sites for hydroxylation is 1. The molecule has 176 valence electrons. The predicted molar refractivity (Wildman–Crippen MR) is 135 cm³/mol. The van der Waals surface area contributed by atoms with Gasteiger partial charge in [-0.3, -0.25) is 9.63 Å². The molecule has 0 aliphatic heterocycles. The molecule has 0 saturated heterocycles. The number of hydrogen-bond donors (Lipinski definition) is 1. The average molecular weight is 466 g/mol. The summed E-state index contributed by atoms with van der Waals surface area (Å²) in [5.41, 5.74) is 4.34. The van der Waals surface area contributed by atoms with Gasteiger partial charge in [-0.15, -0.1) is 0 Å². The second-order valence-corrected chi connectivity index (χ2v) is 8.72. The van der Waals surface area contributed by atoms with Crippen molar-refractivity contribution in [3.63, 3.8) is 0 Å². The average Bonchev–Trinajstić information content (AvgIpc) is 2.90. The maximum Gasteiger partial charge on any atom is 0.433 e. The fourth-order valence-corrected chi connectivity index (χ4v) is 4.33. The molecule has 4 rings (SSSR count). The first-order chi connectivity index (χ1) is 17.0. The van der Waals surface area contributed by atoms with Crippen LogP contribution in [-0.4, -0.2) is 23.6 Å². The highest BCUT2D eigenvalue weighted by Crippen LogP contribution is 2.24. The van der Waals surface area contributed by atoms with Crippen LogP contribution in [0.25, 0.3) is 11.1 Å². The highest BCUT2D eigenvalue weighted by atomic mass is 16.7. The molecule has 1 fully saturated rings. The number of nitrogens with one attached hydrogen (secondary N) is 1. The Hall–Kier alpha value is -4.24. The third kappa shape index (κ3) is 6.01. The van der Waals surface area contributed by atoms with E-state index in [1.54, 1.807) is 24.3 Å². The zero-order valence-corrected chi connectivity index (χ0v) is 19.7. The number of amides is 1. The standard InChI is InChI=1S/C29H27N3O3/c1-20-9-5-6-16-26(20)28(33)24-13-8-11-22(18-24)21-10-7-12-23(17-21)27(19-30)32-35-29(34)31-25-14-3-2-4-15-25/h5-13,16-18,25H,2-4,14-15H2,1H3,(H,31,34)/b32-27+. The molecule has 1 aliphatic carbocycles. The van der Waals surface area contributed by atoms with Gasteiger partial charge in [0.25, 0.3) is 0 Å². The number of hydrogen-bond acceptors (Lipinski definition) is 5. The number of ketones is 1. The summed E-state index contributed by atoms with van der Waals surface area (Å²) in [6, 6.07) is 24.2. The summed E-state index contributed by atoms with van der Waals surface area (Å²) in [5, 5.41) is 16.2. The van der Waals surface area contributed by atoms with E-state index in [-0.39, 0.29) is 17.5 Å². The topological polar surface area (TPSA) is 91.6 Å². The molecule has 1 N–H and O–H groups in total. The van der Waals surface area contributed by atoms with Crippen LogP contribution in [0.3, 0.4) is 0 Å². The Kier molecular flexibility index (Phi) is 7.69. The van der Waals surface area contributed by atoms with E-state index in [9.17, 15) is 14.9 Å². The summed E-state index contributed by atoms with van der Waals surface area (Å²) in [6.07, 6.45) is 4.56. The Balaban J connectivity index is 1.52. The Morgan fingerprint density at radius 2 is 1.57 bits per heavy atom. The lowest BCUT2D eigenvalue weighted by atomic mass is 9.95. The molecule has 6 nitrogen and oxygen atoms in total. The van der Waals surface area contributed by atoms with Crippen molar-refractivity contribution in [1.82, 2.24) is 5.32 Å². The van der Waals surface area contributed by atoms with Crippen LogP contribution < -0.4 is 5.32 Å². The summed E-state index contributed by atoms with van der Waals surface area (Å²) < 4.78 is 0. The minimum absolute atomic E-state index is 0.00205. The zero-order chi connectivity index (χ0) is 24.6. The molecule has 0 bridgehead atoms. The van der Waals surface area contributed by atoms with Crippen LogP contribution in [0.1, 0.15) is 59.2 Å². The molecule has 1 aliphatic rings. The van der Waals surface area contributed by atoms with Crippen molar-refractivity contribution in [3.05, 3.63) is 95.1 Å². The third-order valence-electron chi connectivity index (χ3n) is 6.24. The van der Waals surface area contributed by atoms with E-state index in [0.717, 1.165) is 42.4 Å². The second kappa shape index (κ2) is 11.3. The number of benzene rings is 3.